The Morgan fingerprint density at radius 2 is 2.24 bits per heavy atom. The largest absolute Gasteiger partial charge is 0.465 e. The Labute approximate surface area is 128 Å². The van der Waals surface area contributed by atoms with Gasteiger partial charge in [-0.15, -0.1) is 0 Å². The van der Waals surface area contributed by atoms with Gasteiger partial charge in [0, 0.05) is 24.5 Å². The third kappa shape index (κ3) is 7.19. The third-order valence-electron chi connectivity index (χ3n) is 2.63. The second-order valence-electron chi connectivity index (χ2n) is 5.14. The van der Waals surface area contributed by atoms with E-state index < -0.39 is 11.9 Å². The number of hydrogen-bond acceptors (Lipinski definition) is 4. The van der Waals surface area contributed by atoms with Crippen molar-refractivity contribution < 1.29 is 14.3 Å². The van der Waals surface area contributed by atoms with E-state index in [1.165, 1.54) is 18.0 Å². The van der Waals surface area contributed by atoms with Gasteiger partial charge < -0.3 is 16.2 Å². The molecule has 0 spiro atoms. The molecule has 1 amide bonds. The minimum absolute atomic E-state index is 0.136. The lowest BCUT2D eigenvalue weighted by Crippen LogP contribution is -2.27. The minimum Gasteiger partial charge on any atom is -0.465 e. The first-order valence-electron chi connectivity index (χ1n) is 6.83. The van der Waals surface area contributed by atoms with Crippen LogP contribution in [0, 0.1) is 11.7 Å². The molecule has 0 bridgehead atoms. The maximum Gasteiger partial charge on any atom is 0.404 e. The van der Waals surface area contributed by atoms with Gasteiger partial charge in [0.2, 0.25) is 0 Å². The maximum atomic E-state index is 13.2. The lowest BCUT2D eigenvalue weighted by molar-refractivity contribution is 0.194. The van der Waals surface area contributed by atoms with Gasteiger partial charge in [0.25, 0.3) is 0 Å². The van der Waals surface area contributed by atoms with E-state index in [4.69, 9.17) is 10.8 Å². The van der Waals surface area contributed by atoms with Crippen molar-refractivity contribution in [3.8, 4) is 0 Å². The highest BCUT2D eigenvalue weighted by atomic mass is 32.2. The molecule has 0 aliphatic rings. The Kier molecular flexibility index (Phi) is 7.31. The predicted octanol–water partition coefficient (Wildman–Crippen LogP) is 3.03. The number of amides is 1. The topological polar surface area (TPSA) is 78.6 Å². The van der Waals surface area contributed by atoms with Crippen molar-refractivity contribution in [3.05, 3.63) is 24.0 Å². The standard InChI is InChI=1S/C14H22FN3O2S/c1-10(2)9-18(7-3-6-17-14(19)20)21-11-4-5-12(15)13(16)8-11/h4-5,8,10,17H,3,6-7,9,16H2,1-2H3,(H,19,20). The van der Waals surface area contributed by atoms with E-state index in [-0.39, 0.29) is 5.69 Å². The number of hydrogen-bond donors (Lipinski definition) is 3. The molecule has 118 valence electrons. The highest BCUT2D eigenvalue weighted by Gasteiger charge is 2.10. The van der Waals surface area contributed by atoms with Crippen LogP contribution in [0.5, 0.6) is 0 Å². The number of nitrogens with one attached hydrogen (secondary N) is 1. The molecular formula is C14H22FN3O2S. The van der Waals surface area contributed by atoms with Crippen molar-refractivity contribution in [2.75, 3.05) is 25.4 Å². The van der Waals surface area contributed by atoms with E-state index in [9.17, 15) is 9.18 Å². The highest BCUT2D eigenvalue weighted by molar-refractivity contribution is 7.97. The molecule has 4 N–H and O–H groups in total. The van der Waals surface area contributed by atoms with E-state index in [0.717, 1.165) is 18.0 Å². The highest BCUT2D eigenvalue weighted by Crippen LogP contribution is 2.26. The average Bonchev–Trinajstić information content (AvgIpc) is 2.38. The van der Waals surface area contributed by atoms with E-state index >= 15 is 0 Å². The molecule has 0 unspecified atom stereocenters. The Balaban J connectivity index is 2.55. The van der Waals surface area contributed by atoms with Crippen LogP contribution in [0.1, 0.15) is 20.3 Å². The van der Waals surface area contributed by atoms with Crippen LogP contribution < -0.4 is 11.1 Å². The Bertz CT molecular complexity index is 472. The van der Waals surface area contributed by atoms with Crippen LogP contribution in [0.15, 0.2) is 23.1 Å². The number of halogens is 1. The second kappa shape index (κ2) is 8.74. The molecule has 0 saturated carbocycles. The summed E-state index contributed by atoms with van der Waals surface area (Å²) in [6, 6.07) is 4.67. The molecule has 0 heterocycles. The number of carbonyl (C=O) groups is 1. The number of nitrogens with two attached hydrogens (primary N) is 1. The molecule has 0 aromatic heterocycles. The molecule has 1 rings (SSSR count). The molecule has 7 heteroatoms. The smallest absolute Gasteiger partial charge is 0.404 e. The molecule has 0 fully saturated rings. The van der Waals surface area contributed by atoms with Crippen LogP contribution in [0.2, 0.25) is 0 Å². The number of carboxylic acid groups (broad SMARTS) is 1. The first-order chi connectivity index (χ1) is 9.88. The summed E-state index contributed by atoms with van der Waals surface area (Å²) in [5.74, 6) is 0.0585. The maximum absolute atomic E-state index is 13.2. The van der Waals surface area contributed by atoms with Crippen LogP contribution in [-0.4, -0.2) is 35.1 Å². The van der Waals surface area contributed by atoms with E-state index in [1.807, 2.05) is 0 Å². The summed E-state index contributed by atoms with van der Waals surface area (Å²) in [5.41, 5.74) is 5.71. The minimum atomic E-state index is -1.01. The normalized spacial score (nSPS) is 11.1. The summed E-state index contributed by atoms with van der Waals surface area (Å²) in [5, 5.41) is 10.9. The number of nitrogens with zero attached hydrogens (tertiary/aromatic N) is 1. The van der Waals surface area contributed by atoms with Crippen molar-refractivity contribution in [2.24, 2.45) is 5.92 Å². The molecular weight excluding hydrogens is 293 g/mol. The van der Waals surface area contributed by atoms with E-state index in [2.05, 4.69) is 23.5 Å². The van der Waals surface area contributed by atoms with Crippen molar-refractivity contribution in [1.82, 2.24) is 9.62 Å². The van der Waals surface area contributed by atoms with Crippen molar-refractivity contribution in [3.63, 3.8) is 0 Å². The SMILES string of the molecule is CC(C)CN(CCCNC(=O)O)Sc1ccc(F)c(N)c1. The van der Waals surface area contributed by atoms with Crippen LogP contribution in [-0.2, 0) is 0 Å². The molecule has 0 aliphatic heterocycles. The Hall–Kier alpha value is -1.47. The van der Waals surface area contributed by atoms with Gasteiger partial charge in [-0.2, -0.15) is 0 Å². The summed E-state index contributed by atoms with van der Waals surface area (Å²) in [6.07, 6.45) is -0.299. The summed E-state index contributed by atoms with van der Waals surface area (Å²) in [4.78, 5) is 11.3. The molecule has 0 atom stereocenters. The second-order valence-corrected chi connectivity index (χ2v) is 6.31. The van der Waals surface area contributed by atoms with Gasteiger partial charge in [0.1, 0.15) is 5.82 Å². The number of benzene rings is 1. The molecule has 1 aromatic rings. The zero-order valence-corrected chi connectivity index (χ0v) is 13.1. The van der Waals surface area contributed by atoms with E-state index in [1.54, 1.807) is 12.1 Å². The molecule has 0 aliphatic carbocycles. The van der Waals surface area contributed by atoms with Gasteiger partial charge in [-0.3, -0.25) is 0 Å². The molecule has 1 aromatic carbocycles. The van der Waals surface area contributed by atoms with Crippen molar-refractivity contribution in [1.29, 1.82) is 0 Å². The third-order valence-corrected chi connectivity index (χ3v) is 3.69. The van der Waals surface area contributed by atoms with Gasteiger partial charge in [0.05, 0.1) is 5.69 Å². The first kappa shape index (κ1) is 17.6. The summed E-state index contributed by atoms with van der Waals surface area (Å²) in [7, 11) is 0. The number of anilines is 1. The van der Waals surface area contributed by atoms with Gasteiger partial charge in [-0.05, 0) is 42.5 Å². The fourth-order valence-corrected chi connectivity index (χ4v) is 2.96. The van der Waals surface area contributed by atoms with Crippen molar-refractivity contribution >= 4 is 23.7 Å². The lowest BCUT2D eigenvalue weighted by Gasteiger charge is -2.23. The Morgan fingerprint density at radius 3 is 2.81 bits per heavy atom. The number of nitrogen functional groups attached to an aromatic ring is 1. The van der Waals surface area contributed by atoms with Gasteiger partial charge in [-0.25, -0.2) is 13.5 Å². The van der Waals surface area contributed by atoms with Gasteiger partial charge in [0.15, 0.2) is 0 Å². The van der Waals surface area contributed by atoms with Gasteiger partial charge >= 0.3 is 6.09 Å². The molecule has 0 saturated heterocycles. The first-order valence-corrected chi connectivity index (χ1v) is 7.60. The molecule has 5 nitrogen and oxygen atoms in total. The van der Waals surface area contributed by atoms with Crippen molar-refractivity contribution in [2.45, 2.75) is 25.2 Å². The van der Waals surface area contributed by atoms with Crippen LogP contribution in [0.25, 0.3) is 0 Å². The van der Waals surface area contributed by atoms with E-state index in [0.29, 0.717) is 18.9 Å². The van der Waals surface area contributed by atoms with Crippen LogP contribution >= 0.6 is 11.9 Å². The zero-order valence-electron chi connectivity index (χ0n) is 12.3. The fraction of sp³-hybridized carbons (Fsp3) is 0.500. The number of rotatable bonds is 8. The average molecular weight is 315 g/mol. The summed E-state index contributed by atoms with van der Waals surface area (Å²) in [6.45, 7) is 6.23. The lowest BCUT2D eigenvalue weighted by atomic mass is 10.2. The predicted molar refractivity (Wildman–Crippen MR) is 83.7 cm³/mol. The monoisotopic (exact) mass is 315 g/mol. The zero-order chi connectivity index (χ0) is 15.8. The summed E-state index contributed by atoms with van der Waals surface area (Å²) < 4.78 is 15.3. The molecule has 0 radical (unpaired) electrons. The Morgan fingerprint density at radius 1 is 1.52 bits per heavy atom. The van der Waals surface area contributed by atoms with Crippen LogP contribution in [0.3, 0.4) is 0 Å². The quantitative estimate of drug-likeness (QED) is 0.390. The van der Waals surface area contributed by atoms with Gasteiger partial charge in [-0.1, -0.05) is 13.8 Å². The molecule has 21 heavy (non-hydrogen) atoms. The fourth-order valence-electron chi connectivity index (χ4n) is 1.76. The van der Waals surface area contributed by atoms with Crippen LogP contribution in [0.4, 0.5) is 14.9 Å². The summed E-state index contributed by atoms with van der Waals surface area (Å²) >= 11 is 1.51.